The van der Waals surface area contributed by atoms with Crippen LogP contribution in [0.5, 0.6) is 0 Å². The molecule has 3 atom stereocenters. The molecule has 128 valence electrons. The van der Waals surface area contributed by atoms with Gasteiger partial charge in [0.05, 0.1) is 17.9 Å². The summed E-state index contributed by atoms with van der Waals surface area (Å²) in [6.45, 7) is 2.46. The second kappa shape index (κ2) is 5.91. The van der Waals surface area contributed by atoms with Gasteiger partial charge in [0, 0.05) is 42.8 Å². The molecule has 24 heavy (non-hydrogen) atoms. The molecule has 5 nitrogen and oxygen atoms in total. The van der Waals surface area contributed by atoms with Crippen LogP contribution >= 0.6 is 0 Å². The van der Waals surface area contributed by atoms with Crippen molar-refractivity contribution in [3.63, 3.8) is 0 Å². The molecule has 7 heteroatoms. The molecule has 0 aliphatic carbocycles. The molecule has 1 aromatic heterocycles. The quantitative estimate of drug-likeness (QED) is 0.879. The van der Waals surface area contributed by atoms with Crippen molar-refractivity contribution in [2.45, 2.75) is 37.6 Å². The van der Waals surface area contributed by atoms with Gasteiger partial charge in [-0.1, -0.05) is 0 Å². The molecule has 0 radical (unpaired) electrons. The number of piperidine rings is 1. The molecule has 0 amide bonds. The fraction of sp³-hybridized carbons (Fsp3) is 0.471. The smallest absolute Gasteiger partial charge is 0.128 e. The van der Waals surface area contributed by atoms with Crippen LogP contribution in [0.1, 0.15) is 29.3 Å². The van der Waals surface area contributed by atoms with Crippen molar-refractivity contribution in [1.82, 2.24) is 20.0 Å². The lowest BCUT2D eigenvalue weighted by atomic mass is 9.88. The van der Waals surface area contributed by atoms with Crippen LogP contribution in [-0.4, -0.2) is 45.7 Å². The zero-order chi connectivity index (χ0) is 16.8. The summed E-state index contributed by atoms with van der Waals surface area (Å²) in [5.74, 6) is -0.830. The van der Waals surface area contributed by atoms with E-state index in [0.717, 1.165) is 37.8 Å². The Kier molecular flexibility index (Phi) is 3.86. The molecule has 0 bridgehead atoms. The molecule has 2 aliphatic heterocycles. The Labute approximate surface area is 139 Å². The van der Waals surface area contributed by atoms with Crippen LogP contribution in [0.2, 0.25) is 0 Å². The molecule has 4 rings (SSSR count). The zero-order valence-electron chi connectivity index (χ0n) is 13.5. The van der Waals surface area contributed by atoms with Crippen molar-refractivity contribution in [3.8, 4) is 0 Å². The first-order valence-electron chi connectivity index (χ1n) is 8.19. The number of fused-ring (bicyclic) bond motifs is 1. The molecule has 3 N–H and O–H groups in total. The maximum atomic E-state index is 14.2. The van der Waals surface area contributed by atoms with E-state index in [0.29, 0.717) is 11.6 Å². The fourth-order valence-corrected chi connectivity index (χ4v) is 4.11. The Bertz CT molecular complexity index is 714. The number of hydrogen-bond acceptors (Lipinski definition) is 4. The average molecular weight is 333 g/mol. The highest BCUT2D eigenvalue weighted by Crippen LogP contribution is 2.34. The van der Waals surface area contributed by atoms with E-state index in [9.17, 15) is 8.78 Å². The Hall–Kier alpha value is -1.83. The Morgan fingerprint density at radius 1 is 1.29 bits per heavy atom. The summed E-state index contributed by atoms with van der Waals surface area (Å²) in [7, 11) is 1.93. The Balaban J connectivity index is 1.52. The summed E-state index contributed by atoms with van der Waals surface area (Å²) in [6, 6.07) is 3.32. The van der Waals surface area contributed by atoms with Crippen LogP contribution in [0.4, 0.5) is 8.78 Å². The van der Waals surface area contributed by atoms with E-state index >= 15 is 0 Å². The number of halogens is 2. The highest BCUT2D eigenvalue weighted by atomic mass is 19.1. The lowest BCUT2D eigenvalue weighted by Gasteiger charge is -2.44. The number of nitrogens with zero attached hydrogens (tertiary/aromatic N) is 3. The number of nitrogens with two attached hydrogens (primary N) is 1. The predicted molar refractivity (Wildman–Crippen MR) is 85.9 cm³/mol. The van der Waals surface area contributed by atoms with E-state index < -0.39 is 11.6 Å². The molecule has 2 aliphatic rings. The summed E-state index contributed by atoms with van der Waals surface area (Å²) < 4.78 is 27.7. The van der Waals surface area contributed by atoms with Gasteiger partial charge in [0.1, 0.15) is 11.6 Å². The highest BCUT2D eigenvalue weighted by molar-refractivity contribution is 5.26. The summed E-state index contributed by atoms with van der Waals surface area (Å²) in [5, 5.41) is 7.09. The normalized spacial score (nSPS) is 28.2. The monoisotopic (exact) mass is 333 g/mol. The van der Waals surface area contributed by atoms with Crippen molar-refractivity contribution in [2.75, 3.05) is 13.6 Å². The number of likely N-dealkylation sites (N-methyl/N-ethyl adjacent to an activating group) is 1. The first-order chi connectivity index (χ1) is 11.5. The van der Waals surface area contributed by atoms with Gasteiger partial charge in [0.15, 0.2) is 0 Å². The van der Waals surface area contributed by atoms with Crippen LogP contribution in [0, 0.1) is 11.6 Å². The fourth-order valence-electron chi connectivity index (χ4n) is 4.11. The second-order valence-corrected chi connectivity index (χ2v) is 6.88. The predicted octanol–water partition coefficient (Wildman–Crippen LogP) is 1.78. The van der Waals surface area contributed by atoms with Gasteiger partial charge in [-0.2, -0.15) is 5.10 Å². The van der Waals surface area contributed by atoms with Gasteiger partial charge >= 0.3 is 0 Å². The van der Waals surface area contributed by atoms with E-state index in [4.69, 9.17) is 5.73 Å². The third-order valence-electron chi connectivity index (χ3n) is 5.26. The molecule has 0 saturated carbocycles. The van der Waals surface area contributed by atoms with Gasteiger partial charge in [-0.05, 0) is 31.7 Å². The van der Waals surface area contributed by atoms with E-state index in [1.165, 1.54) is 17.7 Å². The minimum absolute atomic E-state index is 0.248. The minimum Gasteiger partial charge on any atom is -0.326 e. The van der Waals surface area contributed by atoms with Gasteiger partial charge in [-0.25, -0.2) is 8.78 Å². The SMILES string of the molecule is CN1CC(N2Cc3cn[nH]c3C2)CC(N)[C@H]1c1cc(F)ccc1F. The second-order valence-electron chi connectivity index (χ2n) is 6.88. The van der Waals surface area contributed by atoms with Gasteiger partial charge in [-0.3, -0.25) is 14.9 Å². The number of H-pyrrole nitrogens is 1. The van der Waals surface area contributed by atoms with E-state index in [-0.39, 0.29) is 12.1 Å². The summed E-state index contributed by atoms with van der Waals surface area (Å²) in [6.07, 6.45) is 2.62. The lowest BCUT2D eigenvalue weighted by molar-refractivity contribution is 0.0586. The first-order valence-corrected chi connectivity index (χ1v) is 8.19. The highest BCUT2D eigenvalue weighted by Gasteiger charge is 2.38. The van der Waals surface area contributed by atoms with E-state index in [1.54, 1.807) is 0 Å². The number of likely N-dealkylation sites (tertiary alicyclic amines) is 1. The number of hydrogen-bond donors (Lipinski definition) is 2. The Morgan fingerprint density at radius 2 is 2.12 bits per heavy atom. The molecule has 1 saturated heterocycles. The third-order valence-corrected chi connectivity index (χ3v) is 5.26. The van der Waals surface area contributed by atoms with Crippen molar-refractivity contribution in [2.24, 2.45) is 5.73 Å². The topological polar surface area (TPSA) is 61.2 Å². The van der Waals surface area contributed by atoms with Gasteiger partial charge in [0.25, 0.3) is 0 Å². The standard InChI is InChI=1S/C17H21F2N5/c1-23-8-12(24-7-10-6-21-22-16(10)9-24)5-15(20)17(23)13-4-11(18)2-3-14(13)19/h2-4,6,12,15,17H,5,7-9,20H2,1H3,(H,21,22)/t12?,15?,17-/m1/s1. The first kappa shape index (κ1) is 15.7. The number of aromatic amines is 1. The zero-order valence-corrected chi connectivity index (χ0v) is 13.5. The maximum Gasteiger partial charge on any atom is 0.128 e. The van der Waals surface area contributed by atoms with Crippen LogP contribution in [0.3, 0.4) is 0 Å². The lowest BCUT2D eigenvalue weighted by Crippen LogP contribution is -2.54. The summed E-state index contributed by atoms with van der Waals surface area (Å²) in [4.78, 5) is 4.42. The molecule has 3 heterocycles. The minimum atomic E-state index is -0.431. The molecule has 1 aromatic carbocycles. The molecular formula is C17H21F2N5. The van der Waals surface area contributed by atoms with Crippen LogP contribution < -0.4 is 5.73 Å². The van der Waals surface area contributed by atoms with E-state index in [1.807, 2.05) is 18.1 Å². The van der Waals surface area contributed by atoms with Gasteiger partial charge in [-0.15, -0.1) is 0 Å². The van der Waals surface area contributed by atoms with E-state index in [2.05, 4.69) is 15.1 Å². The largest absolute Gasteiger partial charge is 0.326 e. The average Bonchev–Trinajstić information content (AvgIpc) is 3.11. The van der Waals surface area contributed by atoms with Crippen LogP contribution in [-0.2, 0) is 13.1 Å². The Morgan fingerprint density at radius 3 is 2.88 bits per heavy atom. The van der Waals surface area contributed by atoms with Crippen molar-refractivity contribution < 1.29 is 8.78 Å². The summed E-state index contributed by atoms with van der Waals surface area (Å²) >= 11 is 0. The molecule has 0 spiro atoms. The summed E-state index contributed by atoms with van der Waals surface area (Å²) in [5.41, 5.74) is 9.11. The number of aromatic nitrogens is 2. The van der Waals surface area contributed by atoms with Crippen LogP contribution in [0.25, 0.3) is 0 Å². The number of nitrogens with one attached hydrogen (secondary N) is 1. The van der Waals surface area contributed by atoms with Crippen molar-refractivity contribution >= 4 is 0 Å². The molecule has 2 aromatic rings. The van der Waals surface area contributed by atoms with Crippen LogP contribution in [0.15, 0.2) is 24.4 Å². The van der Waals surface area contributed by atoms with Crippen molar-refractivity contribution in [1.29, 1.82) is 0 Å². The van der Waals surface area contributed by atoms with Gasteiger partial charge in [0.2, 0.25) is 0 Å². The van der Waals surface area contributed by atoms with Crippen molar-refractivity contribution in [3.05, 3.63) is 52.9 Å². The molecule has 2 unspecified atom stereocenters. The third kappa shape index (κ3) is 2.62. The maximum absolute atomic E-state index is 14.2. The molecule has 1 fully saturated rings. The number of rotatable bonds is 2. The number of benzene rings is 1. The van der Waals surface area contributed by atoms with Gasteiger partial charge < -0.3 is 5.73 Å². The molecular weight excluding hydrogens is 312 g/mol.